The molecule has 12 nitrogen and oxygen atoms in total. The maximum absolute atomic E-state index is 12.6. The molecule has 1 aromatic carbocycles. The van der Waals surface area contributed by atoms with Gasteiger partial charge in [0, 0.05) is 7.05 Å². The smallest absolute Gasteiger partial charge is 0.348 e. The number of methoxy groups -OCH3 is 1. The number of anilines is 1. The van der Waals surface area contributed by atoms with Crippen molar-refractivity contribution in [1.82, 2.24) is 4.57 Å². The molecule has 210 valence electrons. The molecule has 0 fully saturated rings. The monoisotopic (exact) mass is 597 g/mol. The Labute approximate surface area is 232 Å². The molecule has 0 aliphatic rings. The molecule has 3 rings (SSSR count). The van der Waals surface area contributed by atoms with Gasteiger partial charge < -0.3 is 24.1 Å². The van der Waals surface area contributed by atoms with Gasteiger partial charge in [0.2, 0.25) is 5.91 Å². The molecule has 0 aliphatic heterocycles. The van der Waals surface area contributed by atoms with Crippen molar-refractivity contribution in [3.05, 3.63) is 39.0 Å². The zero-order chi connectivity index (χ0) is 28.9. The average Bonchev–Trinajstić information content (AvgIpc) is 3.33. The van der Waals surface area contributed by atoms with Crippen LogP contribution >= 0.6 is 22.7 Å². The summed E-state index contributed by atoms with van der Waals surface area (Å²) in [5.74, 6) is -4.85. The number of hydrogen-bond donors (Lipinski definition) is 1. The van der Waals surface area contributed by atoms with Crippen LogP contribution in [0.25, 0.3) is 10.2 Å². The van der Waals surface area contributed by atoms with Crippen LogP contribution in [0, 0.1) is 6.92 Å². The maximum Gasteiger partial charge on any atom is 0.348 e. The van der Waals surface area contributed by atoms with Crippen molar-refractivity contribution >= 4 is 71.5 Å². The standard InChI is InChI=1S/C24H27N3O9S3/c1-6-35-22(30)19-13(3)20(23(31)36-7-2)38-21(19)25-17(28)11-39(32,33)12-18(29)26-24-27(4)15-9-8-14(34-5)10-16(15)37-24/h8-10H,6-7,11-12H2,1-5H3,(H,25,28). The number of amides is 2. The highest BCUT2D eigenvalue weighted by molar-refractivity contribution is 7.92. The van der Waals surface area contributed by atoms with Gasteiger partial charge >= 0.3 is 11.9 Å². The number of sulfone groups is 1. The van der Waals surface area contributed by atoms with E-state index in [9.17, 15) is 27.6 Å². The maximum atomic E-state index is 12.6. The SMILES string of the molecule is CCOC(=O)c1sc(NC(=O)CS(=O)(=O)CC(=O)N=c2sc3cc(OC)ccc3n2C)c(C(=O)OCC)c1C. The number of rotatable bonds is 10. The third kappa shape index (κ3) is 7.10. The Morgan fingerprint density at radius 2 is 1.69 bits per heavy atom. The van der Waals surface area contributed by atoms with Gasteiger partial charge in [0.25, 0.3) is 5.91 Å². The summed E-state index contributed by atoms with van der Waals surface area (Å²) in [6.45, 7) is 4.84. The largest absolute Gasteiger partial charge is 0.497 e. The number of benzene rings is 1. The van der Waals surface area contributed by atoms with Crippen LogP contribution < -0.4 is 14.9 Å². The predicted molar refractivity (Wildman–Crippen MR) is 146 cm³/mol. The fraction of sp³-hybridized carbons (Fsp3) is 0.375. The second-order valence-corrected chi connectivity index (χ2v) is 12.2. The van der Waals surface area contributed by atoms with Gasteiger partial charge in [-0.15, -0.1) is 11.3 Å². The molecule has 0 saturated carbocycles. The summed E-state index contributed by atoms with van der Waals surface area (Å²) >= 11 is 1.95. The Bertz CT molecular complexity index is 1610. The van der Waals surface area contributed by atoms with Gasteiger partial charge in [0.15, 0.2) is 14.6 Å². The lowest BCUT2D eigenvalue weighted by molar-refractivity contribution is -0.115. The minimum Gasteiger partial charge on any atom is -0.497 e. The van der Waals surface area contributed by atoms with E-state index >= 15 is 0 Å². The normalized spacial score (nSPS) is 11.9. The molecule has 0 unspecified atom stereocenters. The van der Waals surface area contributed by atoms with Crippen LogP contribution in [0.2, 0.25) is 0 Å². The fourth-order valence-corrected chi connectivity index (χ4v) is 6.71. The lowest BCUT2D eigenvalue weighted by Crippen LogP contribution is -2.28. The van der Waals surface area contributed by atoms with Gasteiger partial charge in [-0.3, -0.25) is 9.59 Å². The Hall–Kier alpha value is -3.56. The molecule has 0 saturated heterocycles. The van der Waals surface area contributed by atoms with E-state index in [1.165, 1.54) is 25.4 Å². The molecule has 15 heteroatoms. The van der Waals surface area contributed by atoms with E-state index in [4.69, 9.17) is 14.2 Å². The number of carbonyl (C=O) groups excluding carboxylic acids is 4. The first-order valence-electron chi connectivity index (χ1n) is 11.6. The number of hydrogen-bond acceptors (Lipinski definition) is 11. The molecule has 0 radical (unpaired) electrons. The average molecular weight is 598 g/mol. The van der Waals surface area contributed by atoms with Crippen molar-refractivity contribution in [2.75, 3.05) is 37.1 Å². The minimum atomic E-state index is -4.23. The molecular weight excluding hydrogens is 570 g/mol. The number of thiophene rings is 1. The van der Waals surface area contributed by atoms with E-state index in [0.717, 1.165) is 21.6 Å². The molecule has 3 aromatic rings. The first-order valence-corrected chi connectivity index (χ1v) is 15.0. The molecule has 0 atom stereocenters. The van der Waals surface area contributed by atoms with Crippen LogP contribution in [-0.2, 0) is 35.9 Å². The minimum absolute atomic E-state index is 0.0430. The lowest BCUT2D eigenvalue weighted by atomic mass is 10.1. The number of fused-ring (bicyclic) bond motifs is 1. The van der Waals surface area contributed by atoms with Gasteiger partial charge in [0.05, 0.1) is 36.1 Å². The number of carbonyl (C=O) groups is 4. The Balaban J connectivity index is 1.78. The summed E-state index contributed by atoms with van der Waals surface area (Å²) in [5.41, 5.74) is 0.939. The topological polar surface area (TPSA) is 159 Å². The zero-order valence-electron chi connectivity index (χ0n) is 21.9. The summed E-state index contributed by atoms with van der Waals surface area (Å²) < 4.78 is 42.9. The highest BCUT2D eigenvalue weighted by atomic mass is 32.2. The summed E-state index contributed by atoms with van der Waals surface area (Å²) in [5, 5.41) is 2.30. The van der Waals surface area contributed by atoms with E-state index in [1.54, 1.807) is 43.7 Å². The van der Waals surface area contributed by atoms with Crippen molar-refractivity contribution in [1.29, 1.82) is 0 Å². The predicted octanol–water partition coefficient (Wildman–Crippen LogP) is 2.45. The highest BCUT2D eigenvalue weighted by Gasteiger charge is 2.29. The molecular formula is C24H27N3O9S3. The fourth-order valence-electron chi connectivity index (χ4n) is 3.53. The van der Waals surface area contributed by atoms with Gasteiger partial charge in [-0.25, -0.2) is 18.0 Å². The number of thiazole rings is 1. The Kier molecular flexibility index (Phi) is 9.63. The van der Waals surface area contributed by atoms with E-state index in [2.05, 4.69) is 10.3 Å². The molecule has 1 N–H and O–H groups in total. The molecule has 0 bridgehead atoms. The summed E-state index contributed by atoms with van der Waals surface area (Å²) in [7, 11) is -1.01. The summed E-state index contributed by atoms with van der Waals surface area (Å²) in [6, 6.07) is 5.32. The Morgan fingerprint density at radius 3 is 2.33 bits per heavy atom. The van der Waals surface area contributed by atoms with Crippen molar-refractivity contribution < 1.29 is 41.8 Å². The first-order chi connectivity index (χ1) is 18.4. The van der Waals surface area contributed by atoms with Gasteiger partial charge in [0.1, 0.15) is 27.1 Å². The van der Waals surface area contributed by atoms with Gasteiger partial charge in [-0.05, 0) is 44.5 Å². The van der Waals surface area contributed by atoms with Crippen LogP contribution in [-0.4, -0.2) is 68.6 Å². The first kappa shape index (κ1) is 30.0. The third-order valence-electron chi connectivity index (χ3n) is 5.27. The summed E-state index contributed by atoms with van der Waals surface area (Å²) in [6.07, 6.45) is 0. The van der Waals surface area contributed by atoms with Crippen molar-refractivity contribution in [3.8, 4) is 5.75 Å². The Morgan fingerprint density at radius 1 is 1.03 bits per heavy atom. The number of nitrogens with one attached hydrogen (secondary N) is 1. The number of aryl methyl sites for hydroxylation is 1. The zero-order valence-corrected chi connectivity index (χ0v) is 24.3. The van der Waals surface area contributed by atoms with Crippen molar-refractivity contribution in [2.45, 2.75) is 20.8 Å². The van der Waals surface area contributed by atoms with Gasteiger partial charge in [-0.1, -0.05) is 11.3 Å². The second-order valence-electron chi connectivity index (χ2n) is 8.06. The molecule has 0 aliphatic carbocycles. The van der Waals surface area contributed by atoms with Crippen LogP contribution in [0.15, 0.2) is 23.2 Å². The molecule has 2 amide bonds. The number of ether oxygens (including phenoxy) is 3. The van der Waals surface area contributed by atoms with Crippen LogP contribution in [0.3, 0.4) is 0 Å². The number of nitrogens with zero attached hydrogens (tertiary/aromatic N) is 2. The van der Waals surface area contributed by atoms with Crippen LogP contribution in [0.5, 0.6) is 5.75 Å². The quantitative estimate of drug-likeness (QED) is 0.346. The van der Waals surface area contributed by atoms with Crippen LogP contribution in [0.1, 0.15) is 39.4 Å². The molecule has 2 heterocycles. The summed E-state index contributed by atoms with van der Waals surface area (Å²) in [4.78, 5) is 54.2. The number of esters is 2. The van der Waals surface area contributed by atoms with E-state index < -0.39 is 45.1 Å². The highest BCUT2D eigenvalue weighted by Crippen LogP contribution is 2.34. The van der Waals surface area contributed by atoms with Gasteiger partial charge in [-0.2, -0.15) is 4.99 Å². The van der Waals surface area contributed by atoms with E-state index in [0.29, 0.717) is 5.75 Å². The molecule has 39 heavy (non-hydrogen) atoms. The molecule has 2 aromatic heterocycles. The van der Waals surface area contributed by atoms with Crippen LogP contribution in [0.4, 0.5) is 5.00 Å². The second kappa shape index (κ2) is 12.5. The lowest BCUT2D eigenvalue weighted by Gasteiger charge is -2.07. The number of aromatic nitrogens is 1. The van der Waals surface area contributed by atoms with Crippen molar-refractivity contribution in [2.24, 2.45) is 12.0 Å². The van der Waals surface area contributed by atoms with Crippen molar-refractivity contribution in [3.63, 3.8) is 0 Å². The third-order valence-corrected chi connectivity index (χ3v) is 8.94. The molecule has 0 spiro atoms. The van der Waals surface area contributed by atoms with E-state index in [-0.39, 0.29) is 39.0 Å². The van der Waals surface area contributed by atoms with E-state index in [1.807, 2.05) is 0 Å².